The Morgan fingerprint density at radius 3 is 2.40 bits per heavy atom. The lowest BCUT2D eigenvalue weighted by Crippen LogP contribution is -2.54. The van der Waals surface area contributed by atoms with Gasteiger partial charge in [0, 0.05) is 24.3 Å². The number of rotatable bonds is 7. The Hall–Kier alpha value is -3.44. The molecule has 0 spiro atoms. The van der Waals surface area contributed by atoms with Gasteiger partial charge in [-0.05, 0) is 54.5 Å². The van der Waals surface area contributed by atoms with Crippen LogP contribution in [0.1, 0.15) is 34.0 Å². The van der Waals surface area contributed by atoms with Crippen LogP contribution in [0.3, 0.4) is 0 Å². The summed E-state index contributed by atoms with van der Waals surface area (Å²) in [5, 5.41) is 11.3. The van der Waals surface area contributed by atoms with E-state index in [0.29, 0.717) is 12.2 Å². The third kappa shape index (κ3) is 6.87. The molecule has 30 heavy (non-hydrogen) atoms. The van der Waals surface area contributed by atoms with E-state index in [2.05, 4.69) is 17.2 Å². The van der Waals surface area contributed by atoms with Crippen molar-refractivity contribution in [3.63, 3.8) is 0 Å². The molecule has 0 saturated carbocycles. The normalized spacial score (nSPS) is 12.5. The molecule has 0 saturated heterocycles. The molecule has 0 aliphatic heterocycles. The van der Waals surface area contributed by atoms with E-state index in [9.17, 15) is 9.59 Å². The Bertz CT molecular complexity index is 939. The average Bonchev–Trinajstić information content (AvgIpc) is 2.76. The highest BCUT2D eigenvalue weighted by atomic mass is 16.5. The minimum absolute atomic E-state index is 0.366. The molecule has 0 radical (unpaired) electrons. The zero-order chi connectivity index (χ0) is 21.9. The van der Waals surface area contributed by atoms with Crippen molar-refractivity contribution >= 4 is 17.9 Å². The maximum atomic E-state index is 12.3. The van der Waals surface area contributed by atoms with Gasteiger partial charge in [-0.15, -0.1) is 0 Å². The first-order valence-corrected chi connectivity index (χ1v) is 9.31. The van der Waals surface area contributed by atoms with Gasteiger partial charge >= 0.3 is 0 Å². The molecule has 156 valence electrons. The Labute approximate surface area is 175 Å². The van der Waals surface area contributed by atoms with Crippen LogP contribution in [0.5, 0.6) is 0 Å². The minimum atomic E-state index is -1.04. The van der Waals surface area contributed by atoms with Crippen LogP contribution in [0.4, 0.5) is 0 Å². The lowest BCUT2D eigenvalue weighted by molar-refractivity contribution is -0.131. The van der Waals surface area contributed by atoms with E-state index in [1.54, 1.807) is 44.4 Å². The maximum Gasteiger partial charge on any atom is 0.267 e. The predicted octanol–water partition coefficient (Wildman–Crippen LogP) is 1.85. The summed E-state index contributed by atoms with van der Waals surface area (Å²) in [5.41, 5.74) is 10.4. The number of amides is 2. The summed E-state index contributed by atoms with van der Waals surface area (Å²) in [7, 11) is 1.66. The highest BCUT2D eigenvalue weighted by Crippen LogP contribution is 2.08. The maximum absolute atomic E-state index is 12.3. The van der Waals surface area contributed by atoms with Crippen molar-refractivity contribution in [3.8, 4) is 11.8 Å². The van der Waals surface area contributed by atoms with Gasteiger partial charge in [0.15, 0.2) is 0 Å². The van der Waals surface area contributed by atoms with Crippen molar-refractivity contribution in [1.29, 1.82) is 0 Å². The van der Waals surface area contributed by atoms with Crippen LogP contribution in [0.25, 0.3) is 6.08 Å². The Kier molecular flexibility index (Phi) is 8.78. The van der Waals surface area contributed by atoms with E-state index in [0.717, 1.165) is 16.7 Å². The zero-order valence-corrected chi connectivity index (χ0v) is 16.9. The van der Waals surface area contributed by atoms with Gasteiger partial charge in [-0.2, -0.15) is 0 Å². The molecule has 2 atom stereocenters. The number of benzene rings is 2. The molecule has 2 amide bonds. The van der Waals surface area contributed by atoms with Crippen LogP contribution >= 0.6 is 0 Å². The summed E-state index contributed by atoms with van der Waals surface area (Å²) < 4.78 is 5.08. The van der Waals surface area contributed by atoms with Crippen molar-refractivity contribution in [2.75, 3.05) is 7.11 Å². The number of nitrogens with two attached hydrogens (primary N) is 1. The lowest BCUT2D eigenvalue weighted by Gasteiger charge is -2.20. The Morgan fingerprint density at radius 1 is 1.17 bits per heavy atom. The van der Waals surface area contributed by atoms with Gasteiger partial charge in [-0.25, -0.2) is 5.48 Å². The Morgan fingerprint density at radius 2 is 1.83 bits per heavy atom. The predicted molar refractivity (Wildman–Crippen MR) is 114 cm³/mol. The van der Waals surface area contributed by atoms with Gasteiger partial charge in [-0.1, -0.05) is 36.1 Å². The van der Waals surface area contributed by atoms with Gasteiger partial charge in [0.1, 0.15) is 6.04 Å². The quantitative estimate of drug-likeness (QED) is 0.318. The molecule has 2 aromatic rings. The molecule has 0 heterocycles. The molecule has 7 nitrogen and oxygen atoms in total. The fraction of sp³-hybridized carbons (Fsp3) is 0.217. The van der Waals surface area contributed by atoms with Gasteiger partial charge < -0.3 is 15.8 Å². The van der Waals surface area contributed by atoms with Gasteiger partial charge in [-0.3, -0.25) is 14.8 Å². The number of hydrogen-bond acceptors (Lipinski definition) is 5. The van der Waals surface area contributed by atoms with Crippen LogP contribution in [-0.2, 0) is 16.1 Å². The summed E-state index contributed by atoms with van der Waals surface area (Å²) in [4.78, 5) is 23.9. The number of nitrogens with one attached hydrogen (secondary N) is 2. The lowest BCUT2D eigenvalue weighted by atomic mass is 10.1. The van der Waals surface area contributed by atoms with Gasteiger partial charge in [0.2, 0.25) is 0 Å². The summed E-state index contributed by atoms with van der Waals surface area (Å²) in [6.45, 7) is 2.13. The summed E-state index contributed by atoms with van der Waals surface area (Å²) in [5.74, 6) is 4.79. The van der Waals surface area contributed by atoms with Gasteiger partial charge in [0.05, 0.1) is 6.61 Å². The first-order chi connectivity index (χ1) is 14.4. The van der Waals surface area contributed by atoms with Crippen LogP contribution in [-0.4, -0.2) is 36.2 Å². The molecule has 7 heteroatoms. The molecule has 2 rings (SSSR count). The van der Waals surface area contributed by atoms with E-state index < -0.39 is 23.9 Å². The van der Waals surface area contributed by atoms with E-state index in [1.165, 1.54) is 5.48 Å². The molecule has 0 aromatic heterocycles. The second kappa shape index (κ2) is 11.5. The van der Waals surface area contributed by atoms with Crippen molar-refractivity contribution in [3.05, 3.63) is 76.9 Å². The number of ether oxygens (including phenoxy) is 1. The molecular weight excluding hydrogens is 382 g/mol. The average molecular weight is 407 g/mol. The number of hydroxylamine groups is 1. The highest BCUT2D eigenvalue weighted by Gasteiger charge is 2.24. The Balaban J connectivity index is 1.97. The van der Waals surface area contributed by atoms with Crippen LogP contribution in [0, 0.1) is 11.8 Å². The highest BCUT2D eigenvalue weighted by molar-refractivity contribution is 5.97. The van der Waals surface area contributed by atoms with Crippen LogP contribution in [0.2, 0.25) is 0 Å². The fourth-order valence-electron chi connectivity index (χ4n) is 2.59. The first-order valence-electron chi connectivity index (χ1n) is 9.31. The molecule has 0 fully saturated rings. The summed E-state index contributed by atoms with van der Waals surface area (Å²) in [6.07, 6.45) is 3.56. The van der Waals surface area contributed by atoms with Crippen molar-refractivity contribution in [2.24, 2.45) is 5.73 Å². The number of carbonyl (C=O) groups excluding carboxylic acids is 2. The monoisotopic (exact) mass is 407 g/mol. The summed E-state index contributed by atoms with van der Waals surface area (Å²) in [6, 6.07) is 12.9. The molecule has 0 unspecified atom stereocenters. The van der Waals surface area contributed by atoms with Crippen LogP contribution in [0.15, 0.2) is 54.6 Å². The van der Waals surface area contributed by atoms with E-state index in [1.807, 2.05) is 30.3 Å². The molecule has 5 N–H and O–H groups in total. The standard InChI is InChI=1S/C23H25N3O4/c1-16(24)21(23(28)26-29)25-22(27)20-13-11-18(12-14-20)6-4-3-5-17-7-9-19(10-8-17)15-30-2/h4,6-14,16,21,29H,15,24H2,1-2H3,(H,25,27)(H,26,28)/b6-4+/t16-,21+/m1/s1. The number of hydrogen-bond donors (Lipinski definition) is 4. The van der Waals surface area contributed by atoms with E-state index >= 15 is 0 Å². The van der Waals surface area contributed by atoms with E-state index in [4.69, 9.17) is 15.7 Å². The second-order valence-electron chi connectivity index (χ2n) is 6.64. The topological polar surface area (TPSA) is 114 Å². The largest absolute Gasteiger partial charge is 0.380 e. The third-order valence-corrected chi connectivity index (χ3v) is 4.22. The first kappa shape index (κ1) is 22.8. The minimum Gasteiger partial charge on any atom is -0.380 e. The number of allylic oxidation sites excluding steroid dienone is 1. The zero-order valence-electron chi connectivity index (χ0n) is 16.9. The van der Waals surface area contributed by atoms with Crippen molar-refractivity contribution in [2.45, 2.75) is 25.6 Å². The van der Waals surface area contributed by atoms with Gasteiger partial charge in [0.25, 0.3) is 11.8 Å². The molecule has 0 bridgehead atoms. The van der Waals surface area contributed by atoms with E-state index in [-0.39, 0.29) is 0 Å². The molecule has 0 aliphatic rings. The smallest absolute Gasteiger partial charge is 0.267 e. The third-order valence-electron chi connectivity index (χ3n) is 4.22. The second-order valence-corrected chi connectivity index (χ2v) is 6.64. The number of methoxy groups -OCH3 is 1. The molecular formula is C23H25N3O4. The SMILES string of the molecule is COCc1ccc(C#C/C=C/c2ccc(C(=O)N[C@H](C(=O)NO)[C@@H](C)N)cc2)cc1. The summed E-state index contributed by atoms with van der Waals surface area (Å²) >= 11 is 0. The fourth-order valence-corrected chi connectivity index (χ4v) is 2.59. The number of carbonyl (C=O) groups is 2. The molecule has 2 aromatic carbocycles. The van der Waals surface area contributed by atoms with Crippen LogP contribution < -0.4 is 16.5 Å². The van der Waals surface area contributed by atoms with Crippen molar-refractivity contribution < 1.29 is 19.5 Å². The molecule has 0 aliphatic carbocycles. The van der Waals surface area contributed by atoms with Crippen molar-refractivity contribution in [1.82, 2.24) is 10.8 Å².